The fourth-order valence-electron chi connectivity index (χ4n) is 3.34. The number of aryl methyl sites for hydroxylation is 1. The van der Waals surface area contributed by atoms with Crippen molar-refractivity contribution in [2.75, 3.05) is 27.7 Å². The number of hydrogen-bond donors (Lipinski definition) is 2. The summed E-state index contributed by atoms with van der Waals surface area (Å²) in [5.74, 6) is 0.296. The number of nitrogens with zero attached hydrogens (tertiary/aromatic N) is 1. The van der Waals surface area contributed by atoms with Crippen molar-refractivity contribution in [3.8, 4) is 5.75 Å². The molecule has 2 aromatic rings. The molecule has 0 aliphatic heterocycles. The summed E-state index contributed by atoms with van der Waals surface area (Å²) in [7, 11) is 5.57. The van der Waals surface area contributed by atoms with E-state index in [0.29, 0.717) is 12.1 Å². The molecule has 0 radical (unpaired) electrons. The fraction of sp³-hybridized carbons (Fsp3) is 0.417. The molecule has 0 aliphatic rings. The zero-order valence-corrected chi connectivity index (χ0v) is 18.7. The minimum Gasteiger partial charge on any atom is -0.497 e. The number of carbonyl (C=O) groups excluding carboxylic acids is 2. The second-order valence-corrected chi connectivity index (χ2v) is 8.01. The largest absolute Gasteiger partial charge is 0.497 e. The lowest BCUT2D eigenvalue weighted by molar-refractivity contribution is -0.124. The molecule has 2 unspecified atom stereocenters. The third-order valence-corrected chi connectivity index (χ3v) is 5.20. The molecule has 2 amide bonds. The van der Waals surface area contributed by atoms with Crippen LogP contribution < -0.4 is 15.4 Å². The van der Waals surface area contributed by atoms with E-state index in [1.54, 1.807) is 13.2 Å². The number of methoxy groups -OCH3 is 1. The van der Waals surface area contributed by atoms with E-state index in [-0.39, 0.29) is 23.8 Å². The molecule has 6 heteroatoms. The molecular weight excluding hydrogens is 378 g/mol. The standard InChI is InChI=1S/C24H33N3O3/c1-16(2)22(26-23(28)20-13-8-7-10-17(20)3)24(29)25-15-21(27(4)5)18-11-9-12-19(14-18)30-6/h7-14,16,21-22H,15H2,1-6H3,(H,25,29)(H,26,28). The lowest BCUT2D eigenvalue weighted by Crippen LogP contribution is -2.51. The van der Waals surface area contributed by atoms with E-state index < -0.39 is 6.04 Å². The summed E-state index contributed by atoms with van der Waals surface area (Å²) < 4.78 is 5.32. The van der Waals surface area contributed by atoms with Gasteiger partial charge < -0.3 is 20.3 Å². The van der Waals surface area contributed by atoms with Crippen LogP contribution in [0.4, 0.5) is 0 Å². The number of carbonyl (C=O) groups is 2. The zero-order valence-electron chi connectivity index (χ0n) is 18.7. The molecule has 0 aliphatic carbocycles. The van der Waals surface area contributed by atoms with Crippen molar-refractivity contribution in [3.63, 3.8) is 0 Å². The van der Waals surface area contributed by atoms with Crippen LogP contribution in [0.3, 0.4) is 0 Å². The van der Waals surface area contributed by atoms with Crippen molar-refractivity contribution in [2.24, 2.45) is 5.92 Å². The van der Waals surface area contributed by atoms with Crippen LogP contribution in [0.15, 0.2) is 48.5 Å². The monoisotopic (exact) mass is 411 g/mol. The molecule has 0 bridgehead atoms. The van der Waals surface area contributed by atoms with Crippen molar-refractivity contribution in [3.05, 3.63) is 65.2 Å². The molecule has 0 saturated carbocycles. The normalized spacial score (nSPS) is 13.1. The highest BCUT2D eigenvalue weighted by Crippen LogP contribution is 2.22. The topological polar surface area (TPSA) is 70.7 Å². The van der Waals surface area contributed by atoms with E-state index >= 15 is 0 Å². The van der Waals surface area contributed by atoms with E-state index in [9.17, 15) is 9.59 Å². The molecule has 0 fully saturated rings. The van der Waals surface area contributed by atoms with Crippen LogP contribution in [0.25, 0.3) is 0 Å². The maximum absolute atomic E-state index is 12.9. The Balaban J connectivity index is 2.09. The van der Waals surface area contributed by atoms with Crippen LogP contribution in [0.5, 0.6) is 5.75 Å². The summed E-state index contributed by atoms with van der Waals surface area (Å²) in [5.41, 5.74) is 2.51. The van der Waals surface area contributed by atoms with Gasteiger partial charge in [0, 0.05) is 12.1 Å². The number of rotatable bonds is 9. The average Bonchev–Trinajstić information content (AvgIpc) is 2.71. The van der Waals surface area contributed by atoms with Gasteiger partial charge in [-0.25, -0.2) is 0 Å². The summed E-state index contributed by atoms with van der Waals surface area (Å²) in [6, 6.07) is 14.5. The first-order valence-corrected chi connectivity index (χ1v) is 10.2. The van der Waals surface area contributed by atoms with E-state index in [1.165, 1.54) is 0 Å². The Hall–Kier alpha value is -2.86. The first-order valence-electron chi connectivity index (χ1n) is 10.2. The van der Waals surface area contributed by atoms with Crippen LogP contribution in [0.1, 0.15) is 41.4 Å². The van der Waals surface area contributed by atoms with E-state index in [1.807, 2.05) is 82.2 Å². The maximum atomic E-state index is 12.9. The van der Waals surface area contributed by atoms with Crippen molar-refractivity contribution in [1.82, 2.24) is 15.5 Å². The smallest absolute Gasteiger partial charge is 0.252 e. The lowest BCUT2D eigenvalue weighted by Gasteiger charge is -2.27. The van der Waals surface area contributed by atoms with Crippen LogP contribution in [-0.2, 0) is 4.79 Å². The molecule has 6 nitrogen and oxygen atoms in total. The molecule has 2 N–H and O–H groups in total. The van der Waals surface area contributed by atoms with Gasteiger partial charge in [0.25, 0.3) is 5.91 Å². The molecule has 0 saturated heterocycles. The molecule has 0 spiro atoms. The van der Waals surface area contributed by atoms with Crippen molar-refractivity contribution < 1.29 is 14.3 Å². The molecule has 162 valence electrons. The van der Waals surface area contributed by atoms with Crippen molar-refractivity contribution in [1.29, 1.82) is 0 Å². The van der Waals surface area contributed by atoms with Crippen LogP contribution in [0.2, 0.25) is 0 Å². The van der Waals surface area contributed by atoms with Gasteiger partial charge in [-0.2, -0.15) is 0 Å². The Bertz CT molecular complexity index is 864. The Morgan fingerprint density at radius 2 is 1.77 bits per heavy atom. The highest BCUT2D eigenvalue weighted by molar-refractivity contribution is 5.98. The SMILES string of the molecule is COc1cccc(C(CNC(=O)C(NC(=O)c2ccccc2C)C(C)C)N(C)C)c1. The second-order valence-electron chi connectivity index (χ2n) is 8.01. The highest BCUT2D eigenvalue weighted by atomic mass is 16.5. The third kappa shape index (κ3) is 6.07. The van der Waals surface area contributed by atoms with E-state index in [4.69, 9.17) is 4.74 Å². The quantitative estimate of drug-likeness (QED) is 0.665. The van der Waals surface area contributed by atoms with Gasteiger partial charge in [-0.1, -0.05) is 44.2 Å². The van der Waals surface area contributed by atoms with E-state index in [0.717, 1.165) is 16.9 Å². The lowest BCUT2D eigenvalue weighted by atomic mass is 10.0. The van der Waals surface area contributed by atoms with Gasteiger partial charge in [-0.05, 0) is 56.3 Å². The van der Waals surface area contributed by atoms with Gasteiger partial charge in [0.2, 0.25) is 5.91 Å². The van der Waals surface area contributed by atoms with Gasteiger partial charge >= 0.3 is 0 Å². The van der Waals surface area contributed by atoms with Crippen molar-refractivity contribution >= 4 is 11.8 Å². The summed E-state index contributed by atoms with van der Waals surface area (Å²) in [4.78, 5) is 27.7. The van der Waals surface area contributed by atoms with Gasteiger partial charge in [0.15, 0.2) is 0 Å². The predicted octanol–water partition coefficient (Wildman–Crippen LogP) is 3.18. The summed E-state index contributed by atoms with van der Waals surface area (Å²) in [6.07, 6.45) is 0. The second kappa shape index (κ2) is 10.8. The minimum absolute atomic E-state index is 0.0241. The predicted molar refractivity (Wildman–Crippen MR) is 120 cm³/mol. The Morgan fingerprint density at radius 1 is 1.07 bits per heavy atom. The third-order valence-electron chi connectivity index (χ3n) is 5.20. The fourth-order valence-corrected chi connectivity index (χ4v) is 3.34. The van der Waals surface area contributed by atoms with Crippen LogP contribution in [0, 0.1) is 12.8 Å². The number of hydrogen-bond acceptors (Lipinski definition) is 4. The molecule has 2 rings (SSSR count). The maximum Gasteiger partial charge on any atom is 0.252 e. The van der Waals surface area contributed by atoms with Gasteiger partial charge in [-0.15, -0.1) is 0 Å². The molecule has 30 heavy (non-hydrogen) atoms. The summed E-state index contributed by atoms with van der Waals surface area (Å²) in [6.45, 7) is 6.15. The zero-order chi connectivity index (χ0) is 22.3. The Kier molecular flexibility index (Phi) is 8.42. The number of benzene rings is 2. The first kappa shape index (κ1) is 23.4. The van der Waals surface area contributed by atoms with Crippen LogP contribution in [-0.4, -0.2) is 50.5 Å². The highest BCUT2D eigenvalue weighted by Gasteiger charge is 2.26. The number of nitrogens with one attached hydrogen (secondary N) is 2. The van der Waals surface area contributed by atoms with E-state index in [2.05, 4.69) is 10.6 Å². The van der Waals surface area contributed by atoms with Crippen LogP contribution >= 0.6 is 0 Å². The molecule has 2 atom stereocenters. The molecule has 0 aromatic heterocycles. The van der Waals surface area contributed by atoms with Gasteiger partial charge in [0.05, 0.1) is 13.2 Å². The van der Waals surface area contributed by atoms with Gasteiger partial charge in [0.1, 0.15) is 11.8 Å². The Morgan fingerprint density at radius 3 is 2.37 bits per heavy atom. The summed E-state index contributed by atoms with van der Waals surface area (Å²) in [5, 5.41) is 5.92. The number of amides is 2. The Labute approximate surface area is 179 Å². The molecular formula is C24H33N3O3. The average molecular weight is 412 g/mol. The first-order chi connectivity index (χ1) is 14.2. The van der Waals surface area contributed by atoms with Gasteiger partial charge in [-0.3, -0.25) is 9.59 Å². The molecule has 0 heterocycles. The summed E-state index contributed by atoms with van der Waals surface area (Å²) >= 11 is 0. The number of ether oxygens (including phenoxy) is 1. The van der Waals surface area contributed by atoms with Crippen molar-refractivity contribution in [2.45, 2.75) is 32.9 Å². The number of likely N-dealkylation sites (N-methyl/N-ethyl adjacent to an activating group) is 1. The molecule has 2 aromatic carbocycles. The minimum atomic E-state index is -0.620.